The van der Waals surface area contributed by atoms with Gasteiger partial charge >= 0.3 is 0 Å². The summed E-state index contributed by atoms with van der Waals surface area (Å²) >= 11 is 0. The Kier molecular flexibility index (Phi) is 6.99. The SMILES string of the molecule is CCC(C)Oc1cc(C)ccc1CNC(=O)C1CNC1.Cl. The van der Waals surface area contributed by atoms with Crippen molar-refractivity contribution >= 4 is 18.3 Å². The number of nitrogens with one attached hydrogen (secondary N) is 2. The lowest BCUT2D eigenvalue weighted by atomic mass is 10.0. The molecule has 0 aliphatic carbocycles. The Hall–Kier alpha value is -1.26. The molecule has 0 saturated carbocycles. The topological polar surface area (TPSA) is 50.4 Å². The quantitative estimate of drug-likeness (QED) is 0.848. The summed E-state index contributed by atoms with van der Waals surface area (Å²) in [6, 6.07) is 6.13. The van der Waals surface area contributed by atoms with Crippen molar-refractivity contribution in [1.82, 2.24) is 10.6 Å². The van der Waals surface area contributed by atoms with Crippen molar-refractivity contribution in [3.63, 3.8) is 0 Å². The molecule has 1 aliphatic rings. The molecule has 2 rings (SSSR count). The molecule has 0 bridgehead atoms. The summed E-state index contributed by atoms with van der Waals surface area (Å²) in [5.41, 5.74) is 2.21. The van der Waals surface area contributed by atoms with E-state index in [1.807, 2.05) is 19.1 Å². The monoisotopic (exact) mass is 312 g/mol. The van der Waals surface area contributed by atoms with E-state index in [1.54, 1.807) is 0 Å². The lowest BCUT2D eigenvalue weighted by molar-refractivity contribution is -0.126. The predicted octanol–water partition coefficient (Wildman–Crippen LogP) is 2.43. The molecule has 2 N–H and O–H groups in total. The van der Waals surface area contributed by atoms with Crippen molar-refractivity contribution in [3.05, 3.63) is 29.3 Å². The first-order chi connectivity index (χ1) is 9.60. The van der Waals surface area contributed by atoms with Gasteiger partial charge in [-0.15, -0.1) is 12.4 Å². The maximum atomic E-state index is 11.9. The molecule has 1 heterocycles. The Morgan fingerprint density at radius 3 is 2.76 bits per heavy atom. The molecule has 4 nitrogen and oxygen atoms in total. The second kappa shape index (κ2) is 8.25. The smallest absolute Gasteiger partial charge is 0.225 e. The van der Waals surface area contributed by atoms with Crippen LogP contribution in [0.1, 0.15) is 31.4 Å². The van der Waals surface area contributed by atoms with Gasteiger partial charge in [-0.1, -0.05) is 19.1 Å². The summed E-state index contributed by atoms with van der Waals surface area (Å²) in [5, 5.41) is 6.10. The Bertz CT molecular complexity index is 475. The molecule has 1 amide bonds. The van der Waals surface area contributed by atoms with Gasteiger partial charge in [0, 0.05) is 25.2 Å². The van der Waals surface area contributed by atoms with Crippen LogP contribution >= 0.6 is 12.4 Å². The molecule has 1 aromatic carbocycles. The first kappa shape index (κ1) is 17.8. The van der Waals surface area contributed by atoms with Gasteiger partial charge in [0.1, 0.15) is 5.75 Å². The van der Waals surface area contributed by atoms with E-state index in [0.29, 0.717) is 6.54 Å². The van der Waals surface area contributed by atoms with Crippen molar-refractivity contribution < 1.29 is 9.53 Å². The van der Waals surface area contributed by atoms with Gasteiger partial charge in [0.15, 0.2) is 0 Å². The van der Waals surface area contributed by atoms with Gasteiger partial charge in [-0.05, 0) is 31.9 Å². The average Bonchev–Trinajstić information content (AvgIpc) is 2.35. The summed E-state index contributed by atoms with van der Waals surface area (Å²) < 4.78 is 5.94. The zero-order chi connectivity index (χ0) is 14.5. The zero-order valence-corrected chi connectivity index (χ0v) is 13.8. The number of amides is 1. The van der Waals surface area contributed by atoms with Gasteiger partial charge in [-0.2, -0.15) is 0 Å². The lowest BCUT2D eigenvalue weighted by Crippen LogP contribution is -2.50. The highest BCUT2D eigenvalue weighted by atomic mass is 35.5. The van der Waals surface area contributed by atoms with Crippen LogP contribution < -0.4 is 15.4 Å². The van der Waals surface area contributed by atoms with Crippen LogP contribution in [0.2, 0.25) is 0 Å². The van der Waals surface area contributed by atoms with Crippen molar-refractivity contribution in [2.75, 3.05) is 13.1 Å². The molecule has 1 aromatic rings. The van der Waals surface area contributed by atoms with Gasteiger partial charge in [-0.25, -0.2) is 0 Å². The molecule has 1 atom stereocenters. The summed E-state index contributed by atoms with van der Waals surface area (Å²) in [6.45, 7) is 8.31. The molecule has 0 aromatic heterocycles. The highest BCUT2D eigenvalue weighted by Crippen LogP contribution is 2.22. The maximum absolute atomic E-state index is 11.9. The highest BCUT2D eigenvalue weighted by Gasteiger charge is 2.24. The van der Waals surface area contributed by atoms with Crippen molar-refractivity contribution in [2.45, 2.75) is 39.8 Å². The number of carbonyl (C=O) groups is 1. The van der Waals surface area contributed by atoms with E-state index in [-0.39, 0.29) is 30.3 Å². The van der Waals surface area contributed by atoms with E-state index in [0.717, 1.165) is 30.8 Å². The van der Waals surface area contributed by atoms with Crippen molar-refractivity contribution in [2.24, 2.45) is 5.92 Å². The summed E-state index contributed by atoms with van der Waals surface area (Å²) in [7, 11) is 0. The summed E-state index contributed by atoms with van der Waals surface area (Å²) in [6.07, 6.45) is 1.15. The van der Waals surface area contributed by atoms with E-state index < -0.39 is 0 Å². The Balaban J connectivity index is 0.00000220. The Morgan fingerprint density at radius 2 is 2.19 bits per heavy atom. The number of benzene rings is 1. The molecule has 1 unspecified atom stereocenters. The van der Waals surface area contributed by atoms with Crippen LogP contribution in [0, 0.1) is 12.8 Å². The van der Waals surface area contributed by atoms with E-state index in [2.05, 4.69) is 30.5 Å². The fraction of sp³-hybridized carbons (Fsp3) is 0.562. The van der Waals surface area contributed by atoms with Gasteiger partial charge in [0.05, 0.1) is 12.0 Å². The van der Waals surface area contributed by atoms with Crippen LogP contribution in [0.15, 0.2) is 18.2 Å². The van der Waals surface area contributed by atoms with Gasteiger partial charge < -0.3 is 15.4 Å². The van der Waals surface area contributed by atoms with E-state index in [1.165, 1.54) is 5.56 Å². The minimum atomic E-state index is 0. The Morgan fingerprint density at radius 1 is 1.48 bits per heavy atom. The Labute approximate surface area is 133 Å². The van der Waals surface area contributed by atoms with Gasteiger partial charge in [-0.3, -0.25) is 4.79 Å². The van der Waals surface area contributed by atoms with Crippen LogP contribution in [0.25, 0.3) is 0 Å². The summed E-state index contributed by atoms with van der Waals surface area (Å²) in [4.78, 5) is 11.9. The maximum Gasteiger partial charge on any atom is 0.225 e. The molecule has 1 aliphatic heterocycles. The average molecular weight is 313 g/mol. The molecule has 0 radical (unpaired) electrons. The standard InChI is InChI=1S/C16H24N2O2.ClH/c1-4-12(3)20-15-7-11(2)5-6-13(15)10-18-16(19)14-8-17-9-14;/h5-7,12,14,17H,4,8-10H2,1-3H3,(H,18,19);1H. The summed E-state index contributed by atoms with van der Waals surface area (Å²) in [5.74, 6) is 1.13. The van der Waals surface area contributed by atoms with Crippen molar-refractivity contribution in [3.8, 4) is 5.75 Å². The van der Waals surface area contributed by atoms with E-state index >= 15 is 0 Å². The zero-order valence-electron chi connectivity index (χ0n) is 12.9. The van der Waals surface area contributed by atoms with Crippen LogP contribution in [-0.4, -0.2) is 25.1 Å². The van der Waals surface area contributed by atoms with Gasteiger partial charge in [0.25, 0.3) is 0 Å². The molecular weight excluding hydrogens is 288 g/mol. The highest BCUT2D eigenvalue weighted by molar-refractivity contribution is 5.85. The lowest BCUT2D eigenvalue weighted by Gasteiger charge is -2.26. The molecule has 0 spiro atoms. The van der Waals surface area contributed by atoms with E-state index in [9.17, 15) is 4.79 Å². The molecule has 1 fully saturated rings. The third-order valence-electron chi connectivity index (χ3n) is 3.73. The van der Waals surface area contributed by atoms with Crippen molar-refractivity contribution in [1.29, 1.82) is 0 Å². The molecule has 5 heteroatoms. The normalized spacial score (nSPS) is 15.6. The van der Waals surface area contributed by atoms with E-state index in [4.69, 9.17) is 4.74 Å². The number of carbonyl (C=O) groups excluding carboxylic acids is 1. The number of halogens is 1. The number of hydrogen-bond acceptors (Lipinski definition) is 3. The third-order valence-corrected chi connectivity index (χ3v) is 3.73. The largest absolute Gasteiger partial charge is 0.490 e. The number of aryl methyl sites for hydroxylation is 1. The number of rotatable bonds is 6. The first-order valence-electron chi connectivity index (χ1n) is 7.34. The second-order valence-corrected chi connectivity index (χ2v) is 5.52. The number of ether oxygens (including phenoxy) is 1. The van der Waals surface area contributed by atoms with Gasteiger partial charge in [0.2, 0.25) is 5.91 Å². The van der Waals surface area contributed by atoms with Crippen LogP contribution in [0.3, 0.4) is 0 Å². The van der Waals surface area contributed by atoms with Crippen LogP contribution in [-0.2, 0) is 11.3 Å². The fourth-order valence-electron chi connectivity index (χ4n) is 2.02. The van der Waals surface area contributed by atoms with Crippen LogP contribution in [0.4, 0.5) is 0 Å². The minimum absolute atomic E-state index is 0. The molecule has 21 heavy (non-hydrogen) atoms. The number of hydrogen-bond donors (Lipinski definition) is 2. The third kappa shape index (κ3) is 4.90. The molecular formula is C16H25ClN2O2. The van der Waals surface area contributed by atoms with Crippen LogP contribution in [0.5, 0.6) is 5.75 Å². The second-order valence-electron chi connectivity index (χ2n) is 5.52. The molecule has 118 valence electrons. The predicted molar refractivity (Wildman–Crippen MR) is 87.0 cm³/mol. The molecule has 1 saturated heterocycles. The fourth-order valence-corrected chi connectivity index (χ4v) is 2.02. The minimum Gasteiger partial charge on any atom is -0.490 e. The first-order valence-corrected chi connectivity index (χ1v) is 7.34.